The van der Waals surface area contributed by atoms with Crippen LogP contribution in [0.5, 0.6) is 17.2 Å². The highest BCUT2D eigenvalue weighted by Gasteiger charge is 2.19. The van der Waals surface area contributed by atoms with Gasteiger partial charge in [0.15, 0.2) is 16.9 Å². The van der Waals surface area contributed by atoms with Crippen LogP contribution in [0.4, 0.5) is 10.1 Å². The van der Waals surface area contributed by atoms with Crippen molar-refractivity contribution < 1.29 is 28.2 Å². The van der Waals surface area contributed by atoms with Crippen LogP contribution in [0.25, 0.3) is 22.3 Å². The van der Waals surface area contributed by atoms with Gasteiger partial charge in [-0.1, -0.05) is 0 Å². The van der Waals surface area contributed by atoms with Gasteiger partial charge in [-0.2, -0.15) is 0 Å². The minimum absolute atomic E-state index is 0.0189. The lowest BCUT2D eigenvalue weighted by molar-refractivity contribution is 0.102. The maximum Gasteiger partial charge on any atom is 0.255 e. The van der Waals surface area contributed by atoms with Gasteiger partial charge in [-0.25, -0.2) is 4.39 Å². The summed E-state index contributed by atoms with van der Waals surface area (Å²) in [5.74, 6) is -0.636. The average molecular weight is 435 g/mol. The number of phenols is 1. The number of nitrogens with one attached hydrogen (secondary N) is 1. The molecule has 0 radical (unpaired) electrons. The lowest BCUT2D eigenvalue weighted by Crippen LogP contribution is -2.11. The molecule has 0 spiro atoms. The summed E-state index contributed by atoms with van der Waals surface area (Å²) in [6.45, 7) is 0. The quantitative estimate of drug-likeness (QED) is 0.476. The number of methoxy groups -OCH3 is 2. The van der Waals surface area contributed by atoms with E-state index in [9.17, 15) is 19.1 Å². The van der Waals surface area contributed by atoms with Gasteiger partial charge in [-0.15, -0.1) is 0 Å². The molecule has 0 fully saturated rings. The number of aromatic hydroxyl groups is 1. The first kappa shape index (κ1) is 20.9. The molecule has 0 saturated heterocycles. The molecule has 0 atom stereocenters. The molecule has 2 N–H and O–H groups in total. The van der Waals surface area contributed by atoms with Crippen LogP contribution in [-0.4, -0.2) is 25.2 Å². The third kappa shape index (κ3) is 3.85. The molecule has 0 aliphatic rings. The van der Waals surface area contributed by atoms with Crippen LogP contribution in [0.15, 0.2) is 69.9 Å². The molecule has 4 rings (SSSR count). The summed E-state index contributed by atoms with van der Waals surface area (Å²) in [6, 6.07) is 14.6. The number of halogens is 1. The van der Waals surface area contributed by atoms with Gasteiger partial charge in [0.05, 0.1) is 14.2 Å². The van der Waals surface area contributed by atoms with Crippen molar-refractivity contribution in [3.8, 4) is 28.6 Å². The highest BCUT2D eigenvalue weighted by Crippen LogP contribution is 2.42. The molecule has 8 heteroatoms. The number of carbonyl (C=O) groups excluding carboxylic acids is 1. The first-order valence-corrected chi connectivity index (χ1v) is 9.50. The number of hydrogen-bond donors (Lipinski definition) is 2. The van der Waals surface area contributed by atoms with Crippen LogP contribution >= 0.6 is 0 Å². The van der Waals surface area contributed by atoms with Crippen molar-refractivity contribution in [3.63, 3.8) is 0 Å². The molecule has 1 aromatic heterocycles. The Labute approximate surface area is 181 Å². The van der Waals surface area contributed by atoms with Gasteiger partial charge in [-0.3, -0.25) is 9.59 Å². The SMILES string of the molecule is COc1cc2oc(-c3ccc(NC(=O)c4ccc(F)cc4)cc3)cc(=O)c2c(O)c1OC. The predicted molar refractivity (Wildman–Crippen MR) is 117 cm³/mol. The Balaban J connectivity index is 1.65. The van der Waals surface area contributed by atoms with Crippen molar-refractivity contribution >= 4 is 22.6 Å². The van der Waals surface area contributed by atoms with E-state index < -0.39 is 11.2 Å². The lowest BCUT2D eigenvalue weighted by Gasteiger charge is -2.12. The molecule has 0 bridgehead atoms. The number of ether oxygens (including phenoxy) is 2. The Morgan fingerprint density at radius 1 is 1.00 bits per heavy atom. The van der Waals surface area contributed by atoms with Crippen LogP contribution in [0, 0.1) is 5.82 Å². The number of hydrogen-bond acceptors (Lipinski definition) is 6. The second-order valence-corrected chi connectivity index (χ2v) is 6.85. The number of rotatable bonds is 5. The van der Waals surface area contributed by atoms with E-state index in [-0.39, 0.29) is 39.9 Å². The monoisotopic (exact) mass is 435 g/mol. The molecule has 1 amide bonds. The molecule has 0 saturated carbocycles. The summed E-state index contributed by atoms with van der Waals surface area (Å²) < 4.78 is 29.2. The van der Waals surface area contributed by atoms with E-state index >= 15 is 0 Å². The van der Waals surface area contributed by atoms with Crippen LogP contribution < -0.4 is 20.2 Å². The average Bonchev–Trinajstić information content (AvgIpc) is 2.79. The van der Waals surface area contributed by atoms with Gasteiger partial charge >= 0.3 is 0 Å². The number of anilines is 1. The first-order valence-electron chi connectivity index (χ1n) is 9.50. The van der Waals surface area contributed by atoms with E-state index in [1.807, 2.05) is 0 Å². The molecule has 162 valence electrons. The first-order chi connectivity index (χ1) is 15.4. The molecule has 0 aliphatic carbocycles. The fraction of sp³-hybridized carbons (Fsp3) is 0.0833. The maximum absolute atomic E-state index is 13.0. The predicted octanol–water partition coefficient (Wildman–Crippen LogP) is 4.57. The third-order valence-corrected chi connectivity index (χ3v) is 4.87. The number of carbonyl (C=O) groups is 1. The van der Waals surface area contributed by atoms with Gasteiger partial charge in [-0.05, 0) is 48.5 Å². The Morgan fingerprint density at radius 3 is 2.31 bits per heavy atom. The topological polar surface area (TPSA) is 98.0 Å². The minimum Gasteiger partial charge on any atom is -0.504 e. The van der Waals surface area contributed by atoms with E-state index in [1.54, 1.807) is 24.3 Å². The maximum atomic E-state index is 13.0. The van der Waals surface area contributed by atoms with Crippen molar-refractivity contribution in [2.45, 2.75) is 0 Å². The van der Waals surface area contributed by atoms with Gasteiger partial charge < -0.3 is 24.3 Å². The fourth-order valence-corrected chi connectivity index (χ4v) is 3.27. The Bertz CT molecular complexity index is 1360. The van der Waals surface area contributed by atoms with Crippen LogP contribution in [-0.2, 0) is 0 Å². The summed E-state index contributed by atoms with van der Waals surface area (Å²) >= 11 is 0. The summed E-state index contributed by atoms with van der Waals surface area (Å²) in [6.07, 6.45) is 0. The Morgan fingerprint density at radius 2 is 1.69 bits per heavy atom. The summed E-state index contributed by atoms with van der Waals surface area (Å²) in [5, 5.41) is 13.1. The molecule has 7 nitrogen and oxygen atoms in total. The van der Waals surface area contributed by atoms with Crippen molar-refractivity contribution in [3.05, 3.63) is 82.3 Å². The summed E-state index contributed by atoms with van der Waals surface area (Å²) in [7, 11) is 2.76. The van der Waals surface area contributed by atoms with Crippen molar-refractivity contribution in [1.82, 2.24) is 0 Å². The largest absolute Gasteiger partial charge is 0.504 e. The number of phenolic OH excluding ortho intramolecular Hbond substituents is 1. The van der Waals surface area contributed by atoms with Gasteiger partial charge in [0.25, 0.3) is 5.91 Å². The lowest BCUT2D eigenvalue weighted by atomic mass is 10.1. The number of benzene rings is 3. The third-order valence-electron chi connectivity index (χ3n) is 4.87. The Kier molecular flexibility index (Phi) is 5.51. The van der Waals surface area contributed by atoms with E-state index in [4.69, 9.17) is 13.9 Å². The molecule has 4 aromatic rings. The molecule has 0 aliphatic heterocycles. The summed E-state index contributed by atoms with van der Waals surface area (Å²) in [4.78, 5) is 24.9. The van der Waals surface area contributed by atoms with Crippen molar-refractivity contribution in [2.75, 3.05) is 19.5 Å². The molecule has 3 aromatic carbocycles. The smallest absolute Gasteiger partial charge is 0.255 e. The van der Waals surface area contributed by atoms with E-state index in [0.717, 1.165) is 0 Å². The Hall–Kier alpha value is -4.33. The molecule has 1 heterocycles. The van der Waals surface area contributed by atoms with E-state index in [2.05, 4.69) is 5.32 Å². The number of amides is 1. The van der Waals surface area contributed by atoms with E-state index in [1.165, 1.54) is 50.6 Å². The van der Waals surface area contributed by atoms with Gasteiger partial charge in [0.1, 0.15) is 22.5 Å². The zero-order chi connectivity index (χ0) is 22.8. The van der Waals surface area contributed by atoms with Crippen LogP contribution in [0.1, 0.15) is 10.4 Å². The summed E-state index contributed by atoms with van der Waals surface area (Å²) in [5.41, 5.74) is 1.10. The molecule has 32 heavy (non-hydrogen) atoms. The van der Waals surface area contributed by atoms with Crippen molar-refractivity contribution in [2.24, 2.45) is 0 Å². The fourth-order valence-electron chi connectivity index (χ4n) is 3.27. The van der Waals surface area contributed by atoms with Gasteiger partial charge in [0, 0.05) is 28.9 Å². The molecule has 0 unspecified atom stereocenters. The van der Waals surface area contributed by atoms with Crippen molar-refractivity contribution in [1.29, 1.82) is 0 Å². The standard InChI is InChI=1S/C24H18FNO6/c1-30-20-12-19-21(22(28)23(20)31-2)17(27)11-18(32-19)13-5-9-16(10-6-13)26-24(29)14-3-7-15(25)8-4-14/h3-12,28H,1-2H3,(H,26,29). The zero-order valence-corrected chi connectivity index (χ0v) is 17.1. The second kappa shape index (κ2) is 8.43. The second-order valence-electron chi connectivity index (χ2n) is 6.85. The van der Waals surface area contributed by atoms with Gasteiger partial charge in [0.2, 0.25) is 5.75 Å². The van der Waals surface area contributed by atoms with Crippen LogP contribution in [0.2, 0.25) is 0 Å². The minimum atomic E-state index is -0.451. The molecular formula is C24H18FNO6. The normalized spacial score (nSPS) is 10.7. The van der Waals surface area contributed by atoms with E-state index in [0.29, 0.717) is 16.8 Å². The highest BCUT2D eigenvalue weighted by molar-refractivity contribution is 6.04. The zero-order valence-electron chi connectivity index (χ0n) is 17.1. The van der Waals surface area contributed by atoms with Crippen LogP contribution in [0.3, 0.4) is 0 Å². The highest BCUT2D eigenvalue weighted by atomic mass is 19.1. The number of fused-ring (bicyclic) bond motifs is 1. The molecular weight excluding hydrogens is 417 g/mol.